The van der Waals surface area contributed by atoms with Crippen molar-refractivity contribution in [2.75, 3.05) is 27.1 Å². The van der Waals surface area contributed by atoms with Crippen molar-refractivity contribution in [3.63, 3.8) is 0 Å². The quantitative estimate of drug-likeness (QED) is 0.192. The Hall–Kier alpha value is -1.52. The largest absolute Gasteiger partial charge is 1.00 e. The molecule has 1 aliphatic carbocycles. The van der Waals surface area contributed by atoms with Gasteiger partial charge in [0.25, 0.3) is 5.89 Å². The molecule has 3 heterocycles. The van der Waals surface area contributed by atoms with Gasteiger partial charge in [-0.3, -0.25) is 9.59 Å². The second-order valence-electron chi connectivity index (χ2n) is 6.42. The Morgan fingerprint density at radius 3 is 2.39 bits per heavy atom. The summed E-state index contributed by atoms with van der Waals surface area (Å²) in [4.78, 5) is 26.7. The number of nitrogens with two attached hydrogens (primary N) is 1. The van der Waals surface area contributed by atoms with Gasteiger partial charge in [-0.25, -0.2) is 9.37 Å². The van der Waals surface area contributed by atoms with E-state index in [1.165, 1.54) is 13.2 Å². The van der Waals surface area contributed by atoms with E-state index in [1.54, 1.807) is 28.3 Å². The predicted octanol–water partition coefficient (Wildman–Crippen LogP) is -4.99. The van der Waals surface area contributed by atoms with Gasteiger partial charge >= 0.3 is 65.1 Å². The van der Waals surface area contributed by atoms with E-state index in [1.807, 2.05) is 0 Å². The number of thiazole rings is 1. The Bertz CT molecular complexity index is 1260. The van der Waals surface area contributed by atoms with E-state index in [0.717, 1.165) is 38.4 Å². The second-order valence-corrected chi connectivity index (χ2v) is 7.28. The van der Waals surface area contributed by atoms with E-state index in [0.29, 0.717) is 27.9 Å². The van der Waals surface area contributed by atoms with Crippen LogP contribution in [0.15, 0.2) is 34.2 Å². The minimum atomic E-state index is -0.431. The fourth-order valence-corrected chi connectivity index (χ4v) is 3.46. The molecule has 0 radical (unpaired) electrons. The van der Waals surface area contributed by atoms with Crippen molar-refractivity contribution < 1.29 is 92.5 Å². The first-order valence-electron chi connectivity index (χ1n) is 9.67. The van der Waals surface area contributed by atoms with Gasteiger partial charge in [-0.2, -0.15) is 14.2 Å². The first-order valence-corrected chi connectivity index (χ1v) is 10.5. The van der Waals surface area contributed by atoms with Gasteiger partial charge in [0.2, 0.25) is 5.78 Å². The number of aromatic nitrogens is 4. The van der Waals surface area contributed by atoms with Crippen molar-refractivity contribution >= 4 is 39.8 Å². The van der Waals surface area contributed by atoms with Gasteiger partial charge in [0.15, 0.2) is 5.01 Å². The standard InChI is InChI=1S/C16H12FN5O3S.C3H4O.2CH3O.2Na/c1-24-7-22-5-9(8-3-2-4-10(17)12(8)22)13(23)15-19-11(6-26-15)14-20-21-16(18)25-14;4-3-1-2-3;2*1-2;;/h2-6H,7H2,1H3,(H2,18,21);1-2H2;2*1H3;;/q;;2*-1;2*+1. The van der Waals surface area contributed by atoms with E-state index in [2.05, 4.69) is 15.2 Å². The maximum Gasteiger partial charge on any atom is 1.00 e. The fourth-order valence-electron chi connectivity index (χ4n) is 2.72. The normalized spacial score (nSPS) is 10.9. The van der Waals surface area contributed by atoms with Gasteiger partial charge < -0.3 is 29.7 Å². The molecule has 0 aliphatic heterocycles. The van der Waals surface area contributed by atoms with Crippen LogP contribution in [-0.2, 0) is 16.3 Å². The summed E-state index contributed by atoms with van der Waals surface area (Å²) >= 11 is 1.13. The molecule has 1 fully saturated rings. The van der Waals surface area contributed by atoms with Crippen LogP contribution in [-0.4, -0.2) is 52.6 Å². The van der Waals surface area contributed by atoms with E-state index in [9.17, 15) is 14.0 Å². The maximum atomic E-state index is 14.2. The number of hydrogen-bond acceptors (Lipinski definition) is 11. The van der Waals surface area contributed by atoms with E-state index < -0.39 is 5.82 Å². The van der Waals surface area contributed by atoms with Gasteiger partial charge in [-0.05, 0) is 6.07 Å². The van der Waals surface area contributed by atoms with Crippen LogP contribution in [0, 0.1) is 5.82 Å². The third-order valence-electron chi connectivity index (χ3n) is 4.17. The number of nitrogen functional groups attached to an aromatic ring is 1. The minimum absolute atomic E-state index is 0. The number of rotatable bonds is 5. The molecule has 182 valence electrons. The van der Waals surface area contributed by atoms with E-state index in [-0.39, 0.29) is 88.5 Å². The zero-order valence-corrected chi connectivity index (χ0v) is 25.4. The summed E-state index contributed by atoms with van der Waals surface area (Å²) in [5, 5.41) is 26.1. The van der Waals surface area contributed by atoms with Crippen LogP contribution in [0.25, 0.3) is 22.5 Å². The van der Waals surface area contributed by atoms with Crippen LogP contribution in [0.4, 0.5) is 10.4 Å². The molecular formula is C21H22FN5Na2O6S. The zero-order chi connectivity index (χ0) is 25.3. The third kappa shape index (κ3) is 8.80. The average molecular weight is 537 g/mol. The number of nitrogens with zero attached hydrogens (tertiary/aromatic N) is 4. The molecule has 1 aliphatic rings. The SMILES string of the molecule is COCn1cc(C(=O)c2nc(-c3nnc(N)o3)cs2)c2cccc(F)c21.C[O-].C[O-].O=C1CC1.[Na+].[Na+]. The van der Waals surface area contributed by atoms with Crippen LogP contribution in [0.5, 0.6) is 0 Å². The molecule has 0 spiro atoms. The van der Waals surface area contributed by atoms with Gasteiger partial charge in [-0.15, -0.1) is 16.4 Å². The Morgan fingerprint density at radius 2 is 1.86 bits per heavy atom. The molecule has 36 heavy (non-hydrogen) atoms. The summed E-state index contributed by atoms with van der Waals surface area (Å²) in [6.45, 7) is 0.120. The molecule has 0 amide bonds. The molecule has 3 aromatic heterocycles. The number of ether oxygens (including phenoxy) is 1. The van der Waals surface area contributed by atoms with Gasteiger partial charge in [0, 0.05) is 36.9 Å². The van der Waals surface area contributed by atoms with Crippen LogP contribution < -0.4 is 75.1 Å². The first-order chi connectivity index (χ1) is 16.5. The number of anilines is 1. The van der Waals surface area contributed by atoms with Crippen molar-refractivity contribution in [3.8, 4) is 11.6 Å². The number of halogens is 1. The summed E-state index contributed by atoms with van der Waals surface area (Å²) in [6.07, 6.45) is 3.26. The summed E-state index contributed by atoms with van der Waals surface area (Å²) in [7, 11) is 3.00. The molecule has 0 unspecified atom stereocenters. The Kier molecular flexibility index (Phi) is 16.4. The summed E-state index contributed by atoms with van der Waals surface area (Å²) < 4.78 is 26.0. The third-order valence-corrected chi connectivity index (χ3v) is 5.02. The Morgan fingerprint density at radius 1 is 1.22 bits per heavy atom. The van der Waals surface area contributed by atoms with Gasteiger partial charge in [0.1, 0.15) is 24.0 Å². The molecule has 5 rings (SSSR count). The maximum absolute atomic E-state index is 14.2. The average Bonchev–Trinajstić information content (AvgIpc) is 3.25. The number of fused-ring (bicyclic) bond motifs is 1. The summed E-state index contributed by atoms with van der Waals surface area (Å²) in [5.74, 6) is -0.218. The second kappa shape index (κ2) is 17.1. The minimum Gasteiger partial charge on any atom is -0.857 e. The Labute approximate surface area is 254 Å². The van der Waals surface area contributed by atoms with Crippen LogP contribution in [0.3, 0.4) is 0 Å². The number of carbonyl (C=O) groups is 2. The molecule has 0 bridgehead atoms. The van der Waals surface area contributed by atoms with E-state index >= 15 is 0 Å². The van der Waals surface area contributed by atoms with Crippen LogP contribution in [0.2, 0.25) is 0 Å². The number of hydrogen-bond donors (Lipinski definition) is 1. The molecule has 1 aromatic carbocycles. The van der Waals surface area contributed by atoms with Gasteiger partial charge in [-0.1, -0.05) is 17.2 Å². The predicted molar refractivity (Wildman–Crippen MR) is 118 cm³/mol. The fraction of sp³-hybridized carbons (Fsp3) is 0.286. The van der Waals surface area contributed by atoms with Crippen molar-refractivity contribution in [2.45, 2.75) is 19.6 Å². The van der Waals surface area contributed by atoms with Crippen molar-refractivity contribution in [1.29, 1.82) is 0 Å². The van der Waals surface area contributed by atoms with Crippen molar-refractivity contribution in [1.82, 2.24) is 19.7 Å². The van der Waals surface area contributed by atoms with E-state index in [4.69, 9.17) is 25.1 Å². The molecular weight excluding hydrogens is 515 g/mol. The number of para-hydroxylation sites is 1. The molecule has 0 saturated heterocycles. The number of Topliss-reactive ketones (excluding diaryl/α,β-unsaturated/α-hetero) is 1. The monoisotopic (exact) mass is 537 g/mol. The number of ketones is 2. The zero-order valence-electron chi connectivity index (χ0n) is 20.6. The molecule has 11 nitrogen and oxygen atoms in total. The first kappa shape index (κ1) is 34.5. The summed E-state index contributed by atoms with van der Waals surface area (Å²) in [5.41, 5.74) is 6.40. The van der Waals surface area contributed by atoms with Crippen molar-refractivity contribution in [3.05, 3.63) is 46.2 Å². The number of benzene rings is 1. The van der Waals surface area contributed by atoms with Gasteiger partial charge in [0.05, 0.1) is 11.1 Å². The van der Waals surface area contributed by atoms with Crippen LogP contribution in [0.1, 0.15) is 28.2 Å². The van der Waals surface area contributed by atoms with Crippen molar-refractivity contribution in [2.24, 2.45) is 0 Å². The molecule has 4 aromatic rings. The smallest absolute Gasteiger partial charge is 0.857 e. The summed E-state index contributed by atoms with van der Waals surface area (Å²) in [6, 6.07) is 4.49. The number of methoxy groups -OCH3 is 1. The number of carbonyl (C=O) groups excluding carboxylic acids is 2. The Balaban J connectivity index is 0.00000108. The molecule has 2 N–H and O–H groups in total. The molecule has 0 atom stereocenters. The molecule has 1 saturated carbocycles. The van der Waals surface area contributed by atoms with Crippen LogP contribution >= 0.6 is 11.3 Å². The molecule has 15 heteroatoms. The topological polar surface area (TPSA) is 172 Å².